The van der Waals surface area contributed by atoms with Gasteiger partial charge in [0.05, 0.1) is 17.8 Å². The van der Waals surface area contributed by atoms with Crippen LogP contribution < -0.4 is 20.1 Å². The number of hydrogen-bond acceptors (Lipinski definition) is 5. The number of carbonyl (C=O) groups excluding carboxylic acids is 1. The van der Waals surface area contributed by atoms with E-state index in [1.807, 2.05) is 19.1 Å². The van der Waals surface area contributed by atoms with E-state index in [1.165, 1.54) is 5.56 Å². The number of nitrogens with zero attached hydrogens (tertiary/aromatic N) is 1. The summed E-state index contributed by atoms with van der Waals surface area (Å²) in [5.41, 5.74) is 3.98. The molecule has 1 amide bonds. The zero-order valence-electron chi connectivity index (χ0n) is 18.7. The largest absolute Gasteiger partial charge is 0.493 e. The predicted octanol–water partition coefficient (Wildman–Crippen LogP) is 5.03. The van der Waals surface area contributed by atoms with Crippen molar-refractivity contribution in [3.8, 4) is 11.5 Å². The molecule has 2 aliphatic rings. The zero-order valence-corrected chi connectivity index (χ0v) is 20.9. The number of rotatable bonds is 6. The summed E-state index contributed by atoms with van der Waals surface area (Å²) in [5, 5.41) is 7.48. The van der Waals surface area contributed by atoms with Crippen molar-refractivity contribution in [2.75, 3.05) is 31.6 Å². The van der Waals surface area contributed by atoms with E-state index in [0.29, 0.717) is 18.4 Å². The number of nitrogens with one attached hydrogen (secondary N) is 2. The molecule has 1 saturated heterocycles. The third-order valence-corrected chi connectivity index (χ3v) is 7.20. The van der Waals surface area contributed by atoms with Crippen LogP contribution in [-0.4, -0.2) is 37.2 Å². The summed E-state index contributed by atoms with van der Waals surface area (Å²) in [5.74, 6) is 2.46. The summed E-state index contributed by atoms with van der Waals surface area (Å²) in [4.78, 5) is 16.5. The second-order valence-electron chi connectivity index (χ2n) is 8.85. The lowest BCUT2D eigenvalue weighted by atomic mass is 9.78. The minimum absolute atomic E-state index is 0.0795. The van der Waals surface area contributed by atoms with Crippen LogP contribution in [0.1, 0.15) is 36.4 Å². The van der Waals surface area contributed by atoms with Gasteiger partial charge >= 0.3 is 0 Å². The number of ether oxygens (including phenoxy) is 2. The highest BCUT2D eigenvalue weighted by atomic mass is 127. The van der Waals surface area contributed by atoms with Crippen molar-refractivity contribution in [2.24, 2.45) is 5.92 Å². The molecular weight excluding hydrogens is 529 g/mol. The van der Waals surface area contributed by atoms with Gasteiger partial charge in [-0.3, -0.25) is 9.78 Å². The fraction of sp³-hybridized carbons (Fsp3) is 0.385. The molecule has 33 heavy (non-hydrogen) atoms. The van der Waals surface area contributed by atoms with E-state index < -0.39 is 0 Å². The Labute approximate surface area is 207 Å². The van der Waals surface area contributed by atoms with Crippen LogP contribution in [0.2, 0.25) is 0 Å². The molecule has 1 atom stereocenters. The minimum atomic E-state index is -0.101. The van der Waals surface area contributed by atoms with Gasteiger partial charge in [-0.2, -0.15) is 0 Å². The fourth-order valence-electron chi connectivity index (χ4n) is 4.94. The molecule has 1 fully saturated rings. The van der Waals surface area contributed by atoms with Gasteiger partial charge in [-0.1, -0.05) is 6.07 Å². The van der Waals surface area contributed by atoms with Gasteiger partial charge in [0, 0.05) is 14.7 Å². The van der Waals surface area contributed by atoms with E-state index in [4.69, 9.17) is 9.47 Å². The third-order valence-electron chi connectivity index (χ3n) is 6.58. The molecule has 1 unspecified atom stereocenters. The maximum Gasteiger partial charge on any atom is 0.262 e. The summed E-state index contributed by atoms with van der Waals surface area (Å²) in [6, 6.07) is 14.5. The lowest BCUT2D eigenvalue weighted by molar-refractivity contribution is -0.118. The molecule has 0 aliphatic carbocycles. The lowest BCUT2D eigenvalue weighted by Gasteiger charge is -2.32. The van der Waals surface area contributed by atoms with Gasteiger partial charge in [-0.15, -0.1) is 0 Å². The van der Waals surface area contributed by atoms with Crippen molar-refractivity contribution in [1.29, 1.82) is 0 Å². The second-order valence-corrected chi connectivity index (χ2v) is 10.1. The molecule has 0 radical (unpaired) electrons. The van der Waals surface area contributed by atoms with Crippen molar-refractivity contribution < 1.29 is 14.3 Å². The van der Waals surface area contributed by atoms with E-state index in [2.05, 4.69) is 68.5 Å². The summed E-state index contributed by atoms with van der Waals surface area (Å²) in [6.45, 7) is 4.79. The number of hydrogen-bond donors (Lipinski definition) is 2. The molecule has 0 spiro atoms. The first-order valence-electron chi connectivity index (χ1n) is 11.5. The number of pyridine rings is 1. The quantitative estimate of drug-likeness (QED) is 0.416. The number of fused-ring (bicyclic) bond motifs is 2. The van der Waals surface area contributed by atoms with Crippen LogP contribution in [0.25, 0.3) is 10.9 Å². The predicted molar refractivity (Wildman–Crippen MR) is 138 cm³/mol. The highest BCUT2D eigenvalue weighted by Gasteiger charge is 2.27. The number of aromatic nitrogens is 1. The average molecular weight is 557 g/mol. The molecule has 2 aliphatic heterocycles. The normalized spacial score (nSPS) is 17.2. The molecule has 0 bridgehead atoms. The van der Waals surface area contributed by atoms with Crippen molar-refractivity contribution in [3.05, 3.63) is 57.3 Å². The van der Waals surface area contributed by atoms with E-state index in [-0.39, 0.29) is 12.5 Å². The summed E-state index contributed by atoms with van der Waals surface area (Å²) in [6.07, 6.45) is 3.18. The molecule has 3 heterocycles. The summed E-state index contributed by atoms with van der Waals surface area (Å²) >= 11 is 2.32. The zero-order chi connectivity index (χ0) is 22.8. The molecule has 6 nitrogen and oxygen atoms in total. The average Bonchev–Trinajstić information content (AvgIpc) is 2.81. The Balaban J connectivity index is 1.37. The highest BCUT2D eigenvalue weighted by Crippen LogP contribution is 2.38. The van der Waals surface area contributed by atoms with Gasteiger partial charge < -0.3 is 20.1 Å². The Kier molecular flexibility index (Phi) is 6.69. The van der Waals surface area contributed by atoms with E-state index >= 15 is 0 Å². The lowest BCUT2D eigenvalue weighted by Crippen LogP contribution is -2.31. The molecule has 0 saturated carbocycles. The standard InChI is InChI=1S/C26H28IN3O3/c1-16-2-4-21-22(29-16)13-19(27)14-25(21)32-11-8-20(17-6-9-28-10-7-17)18-3-5-24-23(12-18)30-26(31)15-33-24/h2-5,12-14,17,20,28H,6-11,15H2,1H3,(H,30,31). The van der Waals surface area contributed by atoms with E-state index in [9.17, 15) is 4.79 Å². The Hall–Kier alpha value is -2.39. The van der Waals surface area contributed by atoms with E-state index in [0.717, 1.165) is 69.7 Å². The monoisotopic (exact) mass is 557 g/mol. The number of carbonyl (C=O) groups is 1. The number of benzene rings is 2. The van der Waals surface area contributed by atoms with Gasteiger partial charge in [0.2, 0.25) is 0 Å². The number of amides is 1. The summed E-state index contributed by atoms with van der Waals surface area (Å²) in [7, 11) is 0. The second kappa shape index (κ2) is 9.85. The first-order valence-corrected chi connectivity index (χ1v) is 12.6. The van der Waals surface area contributed by atoms with Crippen LogP contribution >= 0.6 is 22.6 Å². The van der Waals surface area contributed by atoms with Crippen LogP contribution in [-0.2, 0) is 4.79 Å². The van der Waals surface area contributed by atoms with Crippen molar-refractivity contribution in [2.45, 2.75) is 32.1 Å². The van der Waals surface area contributed by atoms with Gasteiger partial charge in [-0.25, -0.2) is 0 Å². The number of halogens is 1. The summed E-state index contributed by atoms with van der Waals surface area (Å²) < 4.78 is 13.0. The van der Waals surface area contributed by atoms with Crippen molar-refractivity contribution in [1.82, 2.24) is 10.3 Å². The van der Waals surface area contributed by atoms with Crippen LogP contribution in [0.4, 0.5) is 5.69 Å². The molecule has 7 heteroatoms. The fourth-order valence-corrected chi connectivity index (χ4v) is 5.52. The molecular formula is C26H28IN3O3. The van der Waals surface area contributed by atoms with Gasteiger partial charge in [0.25, 0.3) is 5.91 Å². The SMILES string of the molecule is Cc1ccc2c(OCCC(c3ccc4c(c3)NC(=O)CO4)C3CCNCC3)cc(I)cc2n1. The number of anilines is 1. The Bertz CT molecular complexity index is 1170. The topological polar surface area (TPSA) is 72.5 Å². The molecule has 1 aromatic heterocycles. The van der Waals surface area contributed by atoms with E-state index in [1.54, 1.807) is 0 Å². The number of aryl methyl sites for hydroxylation is 1. The van der Waals surface area contributed by atoms with Crippen LogP contribution in [0.15, 0.2) is 42.5 Å². The first kappa shape index (κ1) is 22.4. The smallest absolute Gasteiger partial charge is 0.262 e. The van der Waals surface area contributed by atoms with Crippen molar-refractivity contribution in [3.63, 3.8) is 0 Å². The number of piperidine rings is 1. The van der Waals surface area contributed by atoms with Gasteiger partial charge in [0.15, 0.2) is 6.61 Å². The molecule has 3 aromatic rings. The van der Waals surface area contributed by atoms with Crippen LogP contribution in [0, 0.1) is 16.4 Å². The maximum atomic E-state index is 11.8. The maximum absolute atomic E-state index is 11.8. The van der Waals surface area contributed by atoms with Gasteiger partial charge in [-0.05, 0) is 116 Å². The van der Waals surface area contributed by atoms with Crippen LogP contribution in [0.3, 0.4) is 0 Å². The Morgan fingerprint density at radius 3 is 2.88 bits per heavy atom. The van der Waals surface area contributed by atoms with Gasteiger partial charge in [0.1, 0.15) is 11.5 Å². The highest BCUT2D eigenvalue weighted by molar-refractivity contribution is 14.1. The Morgan fingerprint density at radius 2 is 2.03 bits per heavy atom. The molecule has 2 aromatic carbocycles. The molecule has 172 valence electrons. The third kappa shape index (κ3) is 5.09. The molecule has 2 N–H and O–H groups in total. The van der Waals surface area contributed by atoms with Crippen molar-refractivity contribution >= 4 is 45.1 Å². The Morgan fingerprint density at radius 1 is 1.18 bits per heavy atom. The molecule has 5 rings (SSSR count). The van der Waals surface area contributed by atoms with Crippen LogP contribution in [0.5, 0.6) is 11.5 Å². The first-order chi connectivity index (χ1) is 16.1. The minimum Gasteiger partial charge on any atom is -0.493 e.